The van der Waals surface area contributed by atoms with E-state index < -0.39 is 0 Å². The number of aromatic hydroxyl groups is 1. The molecule has 0 amide bonds. The van der Waals surface area contributed by atoms with Crippen molar-refractivity contribution >= 4 is 0 Å². The summed E-state index contributed by atoms with van der Waals surface area (Å²) in [6, 6.07) is 3.67. The van der Waals surface area contributed by atoms with Gasteiger partial charge in [0.25, 0.3) is 0 Å². The van der Waals surface area contributed by atoms with Crippen LogP contribution >= 0.6 is 0 Å². The van der Waals surface area contributed by atoms with Gasteiger partial charge in [0.2, 0.25) is 0 Å². The first-order valence-corrected chi connectivity index (χ1v) is 5.14. The van der Waals surface area contributed by atoms with Crippen molar-refractivity contribution in [2.45, 2.75) is 19.8 Å². The maximum atomic E-state index is 10.1. The van der Waals surface area contributed by atoms with Crippen LogP contribution in [0.3, 0.4) is 0 Å². The molecule has 0 aliphatic rings. The van der Waals surface area contributed by atoms with E-state index in [2.05, 4.69) is 15.0 Å². The minimum absolute atomic E-state index is 0.144. The first-order valence-electron chi connectivity index (χ1n) is 5.14. The molecule has 4 nitrogen and oxygen atoms in total. The molecule has 0 unspecified atom stereocenters. The summed E-state index contributed by atoms with van der Waals surface area (Å²) in [4.78, 5) is 12.2. The van der Waals surface area contributed by atoms with Gasteiger partial charge in [-0.15, -0.1) is 0 Å². The Morgan fingerprint density at radius 1 is 1.25 bits per heavy atom. The number of rotatable bonds is 2. The second-order valence-corrected chi connectivity index (χ2v) is 3.85. The second-order valence-electron chi connectivity index (χ2n) is 3.85. The van der Waals surface area contributed by atoms with Gasteiger partial charge in [0.15, 0.2) is 5.75 Å². The first kappa shape index (κ1) is 10.5. The lowest BCUT2D eigenvalue weighted by Crippen LogP contribution is -1.97. The molecular weight excluding hydrogens is 202 g/mol. The van der Waals surface area contributed by atoms with Crippen LogP contribution in [0.15, 0.2) is 30.9 Å². The third kappa shape index (κ3) is 1.86. The highest BCUT2D eigenvalue weighted by atomic mass is 16.3. The van der Waals surface area contributed by atoms with Gasteiger partial charge in [0, 0.05) is 18.0 Å². The Labute approximate surface area is 94.0 Å². The summed E-state index contributed by atoms with van der Waals surface area (Å²) in [5.41, 5.74) is 1.99. The van der Waals surface area contributed by atoms with E-state index in [0.717, 1.165) is 5.56 Å². The summed E-state index contributed by atoms with van der Waals surface area (Å²) in [5, 5.41) is 10.1. The number of pyridine rings is 1. The SMILES string of the molecule is CC(C)c1ncnc(-c2cccnc2)c1O. The average Bonchev–Trinajstić information content (AvgIpc) is 2.30. The highest BCUT2D eigenvalue weighted by Crippen LogP contribution is 2.31. The fraction of sp³-hybridized carbons (Fsp3) is 0.250. The van der Waals surface area contributed by atoms with Crippen molar-refractivity contribution in [3.8, 4) is 17.0 Å². The van der Waals surface area contributed by atoms with Gasteiger partial charge >= 0.3 is 0 Å². The van der Waals surface area contributed by atoms with Crippen LogP contribution in [0.1, 0.15) is 25.5 Å². The number of hydrogen-bond donors (Lipinski definition) is 1. The van der Waals surface area contributed by atoms with Crippen LogP contribution in [-0.2, 0) is 0 Å². The number of hydrogen-bond acceptors (Lipinski definition) is 4. The minimum Gasteiger partial charge on any atom is -0.504 e. The largest absolute Gasteiger partial charge is 0.504 e. The van der Waals surface area contributed by atoms with Crippen molar-refractivity contribution in [3.63, 3.8) is 0 Å². The van der Waals surface area contributed by atoms with E-state index in [4.69, 9.17) is 0 Å². The van der Waals surface area contributed by atoms with E-state index >= 15 is 0 Å². The topological polar surface area (TPSA) is 58.9 Å². The van der Waals surface area contributed by atoms with Crippen molar-refractivity contribution < 1.29 is 5.11 Å². The van der Waals surface area contributed by atoms with Gasteiger partial charge in [0.05, 0.1) is 5.69 Å². The molecule has 0 saturated heterocycles. The summed E-state index contributed by atoms with van der Waals surface area (Å²) < 4.78 is 0. The molecule has 0 aliphatic heterocycles. The second kappa shape index (κ2) is 4.26. The molecule has 2 aromatic rings. The smallest absolute Gasteiger partial charge is 0.163 e. The Morgan fingerprint density at radius 2 is 2.06 bits per heavy atom. The Morgan fingerprint density at radius 3 is 2.69 bits per heavy atom. The maximum absolute atomic E-state index is 10.1. The predicted octanol–water partition coefficient (Wildman–Crippen LogP) is 2.37. The predicted molar refractivity (Wildman–Crippen MR) is 61.0 cm³/mol. The van der Waals surface area contributed by atoms with Gasteiger partial charge in [-0.2, -0.15) is 0 Å². The lowest BCUT2D eigenvalue weighted by atomic mass is 10.1. The fourth-order valence-corrected chi connectivity index (χ4v) is 1.53. The third-order valence-electron chi connectivity index (χ3n) is 2.33. The van der Waals surface area contributed by atoms with Crippen LogP contribution in [0.5, 0.6) is 5.75 Å². The van der Waals surface area contributed by atoms with Gasteiger partial charge in [-0.25, -0.2) is 9.97 Å². The van der Waals surface area contributed by atoms with Crippen molar-refractivity contribution in [2.75, 3.05) is 0 Å². The summed E-state index contributed by atoms with van der Waals surface area (Å²) in [7, 11) is 0. The zero-order valence-corrected chi connectivity index (χ0v) is 9.25. The summed E-state index contributed by atoms with van der Waals surface area (Å²) >= 11 is 0. The van der Waals surface area contributed by atoms with Crippen molar-refractivity contribution in [2.24, 2.45) is 0 Å². The van der Waals surface area contributed by atoms with E-state index in [1.807, 2.05) is 26.0 Å². The van der Waals surface area contributed by atoms with Gasteiger partial charge in [0.1, 0.15) is 12.0 Å². The Hall–Kier alpha value is -1.97. The maximum Gasteiger partial charge on any atom is 0.163 e. The minimum atomic E-state index is 0.144. The molecule has 0 aliphatic carbocycles. The van der Waals surface area contributed by atoms with E-state index in [1.54, 1.807) is 12.4 Å². The van der Waals surface area contributed by atoms with Crippen LogP contribution in [0.2, 0.25) is 0 Å². The summed E-state index contributed by atoms with van der Waals surface area (Å²) in [5.74, 6) is 0.309. The Kier molecular flexibility index (Phi) is 2.81. The van der Waals surface area contributed by atoms with E-state index in [0.29, 0.717) is 11.4 Å². The molecule has 16 heavy (non-hydrogen) atoms. The fourth-order valence-electron chi connectivity index (χ4n) is 1.53. The van der Waals surface area contributed by atoms with Crippen LogP contribution in [0.25, 0.3) is 11.3 Å². The quantitative estimate of drug-likeness (QED) is 0.835. The van der Waals surface area contributed by atoms with Crippen LogP contribution < -0.4 is 0 Å². The molecule has 2 aromatic heterocycles. The number of nitrogens with zero attached hydrogens (tertiary/aromatic N) is 3. The summed E-state index contributed by atoms with van der Waals surface area (Å²) in [6.07, 6.45) is 4.83. The number of aromatic nitrogens is 3. The van der Waals surface area contributed by atoms with Gasteiger partial charge in [-0.1, -0.05) is 13.8 Å². The molecule has 0 aromatic carbocycles. The Bertz CT molecular complexity index is 483. The molecule has 0 fully saturated rings. The van der Waals surface area contributed by atoms with E-state index in [1.165, 1.54) is 6.33 Å². The van der Waals surface area contributed by atoms with Crippen molar-refractivity contribution in [1.82, 2.24) is 15.0 Å². The zero-order chi connectivity index (χ0) is 11.5. The van der Waals surface area contributed by atoms with E-state index in [-0.39, 0.29) is 11.7 Å². The normalized spacial score (nSPS) is 10.7. The zero-order valence-electron chi connectivity index (χ0n) is 9.25. The van der Waals surface area contributed by atoms with Crippen LogP contribution in [0.4, 0.5) is 0 Å². The molecular formula is C12H13N3O. The van der Waals surface area contributed by atoms with Crippen LogP contribution in [-0.4, -0.2) is 20.1 Å². The van der Waals surface area contributed by atoms with Crippen LogP contribution in [0, 0.1) is 0 Å². The lowest BCUT2D eigenvalue weighted by molar-refractivity contribution is 0.459. The first-order chi connectivity index (χ1) is 7.70. The van der Waals surface area contributed by atoms with E-state index in [9.17, 15) is 5.11 Å². The monoisotopic (exact) mass is 215 g/mol. The molecule has 2 rings (SSSR count). The average molecular weight is 215 g/mol. The highest BCUT2D eigenvalue weighted by Gasteiger charge is 2.14. The third-order valence-corrected chi connectivity index (χ3v) is 2.33. The molecule has 0 radical (unpaired) electrons. The molecule has 0 atom stereocenters. The molecule has 0 bridgehead atoms. The molecule has 4 heteroatoms. The Balaban J connectivity index is 2.55. The lowest BCUT2D eigenvalue weighted by Gasteiger charge is -2.09. The van der Waals surface area contributed by atoms with Gasteiger partial charge < -0.3 is 5.11 Å². The van der Waals surface area contributed by atoms with Gasteiger partial charge in [-0.3, -0.25) is 4.98 Å². The van der Waals surface area contributed by atoms with Gasteiger partial charge in [-0.05, 0) is 18.1 Å². The molecule has 1 N–H and O–H groups in total. The molecule has 0 spiro atoms. The van der Waals surface area contributed by atoms with Crippen molar-refractivity contribution in [1.29, 1.82) is 0 Å². The van der Waals surface area contributed by atoms with Crippen molar-refractivity contribution in [3.05, 3.63) is 36.5 Å². The highest BCUT2D eigenvalue weighted by molar-refractivity contribution is 5.65. The molecule has 0 saturated carbocycles. The standard InChI is InChI=1S/C12H13N3O/c1-8(2)10-12(16)11(15-7-14-10)9-4-3-5-13-6-9/h3-8,16H,1-2H3. The molecule has 82 valence electrons. The molecule has 2 heterocycles. The summed E-state index contributed by atoms with van der Waals surface area (Å²) in [6.45, 7) is 3.96.